The van der Waals surface area contributed by atoms with Crippen molar-refractivity contribution in [3.63, 3.8) is 0 Å². The van der Waals surface area contributed by atoms with Crippen molar-refractivity contribution in [2.45, 2.75) is 76.5 Å². The van der Waals surface area contributed by atoms with Gasteiger partial charge in [-0.2, -0.15) is 0 Å². The van der Waals surface area contributed by atoms with E-state index in [1.165, 1.54) is 51.9 Å². The van der Waals surface area contributed by atoms with Crippen LogP contribution in [0.2, 0.25) is 0 Å². The molecule has 142 valence electrons. The number of nitrogens with zero attached hydrogens (tertiary/aromatic N) is 2. The third kappa shape index (κ3) is 2.83. The van der Waals surface area contributed by atoms with Gasteiger partial charge in [0.1, 0.15) is 0 Å². The van der Waals surface area contributed by atoms with E-state index in [2.05, 4.69) is 60.2 Å². The number of likely N-dealkylation sites (tertiary alicyclic amines) is 2. The lowest BCUT2D eigenvalue weighted by molar-refractivity contribution is -0.115. The Morgan fingerprint density at radius 2 is 1.69 bits per heavy atom. The molecule has 0 aromatic heterocycles. The highest BCUT2D eigenvalue weighted by molar-refractivity contribution is 5.36. The molecule has 26 heavy (non-hydrogen) atoms. The molecule has 3 heterocycles. The molecule has 4 fully saturated rings. The average Bonchev–Trinajstić information content (AvgIpc) is 3.25. The molecule has 4 aliphatic rings. The second-order valence-electron chi connectivity index (χ2n) is 10.2. The average molecular weight is 354 g/mol. The van der Waals surface area contributed by atoms with E-state index in [1.807, 2.05) is 0 Å². The van der Waals surface area contributed by atoms with Gasteiger partial charge in [0, 0.05) is 43.8 Å². The van der Waals surface area contributed by atoms with Gasteiger partial charge in [0.25, 0.3) is 0 Å². The predicted octanol–water partition coefficient (Wildman–Crippen LogP) is 3.77. The third-order valence-corrected chi connectivity index (χ3v) is 7.33. The molecule has 3 heteroatoms. The van der Waals surface area contributed by atoms with Crippen LogP contribution in [0.3, 0.4) is 0 Å². The van der Waals surface area contributed by atoms with Crippen LogP contribution in [0.15, 0.2) is 24.3 Å². The fraction of sp³-hybridized carbons (Fsp3) is 0.739. The van der Waals surface area contributed by atoms with Gasteiger partial charge in [0.15, 0.2) is 0 Å². The van der Waals surface area contributed by atoms with Crippen molar-refractivity contribution in [3.05, 3.63) is 35.4 Å². The summed E-state index contributed by atoms with van der Waals surface area (Å²) in [6, 6.07) is 12.2. The van der Waals surface area contributed by atoms with Crippen LogP contribution in [-0.2, 0) is 0 Å². The Balaban J connectivity index is 1.40. The lowest BCUT2D eigenvalue weighted by atomic mass is 9.73. The topological polar surface area (TPSA) is 18.5 Å². The highest BCUT2D eigenvalue weighted by Gasteiger charge is 2.53. The quantitative estimate of drug-likeness (QED) is 0.889. The molecule has 1 aromatic rings. The Kier molecular flexibility index (Phi) is 4.19. The predicted molar refractivity (Wildman–Crippen MR) is 107 cm³/mol. The molecule has 3 saturated heterocycles. The van der Waals surface area contributed by atoms with Crippen molar-refractivity contribution in [3.8, 4) is 0 Å². The van der Waals surface area contributed by atoms with E-state index in [0.29, 0.717) is 17.5 Å². The van der Waals surface area contributed by atoms with Crippen molar-refractivity contribution in [1.82, 2.24) is 15.1 Å². The molecule has 1 aliphatic carbocycles. The summed E-state index contributed by atoms with van der Waals surface area (Å²) >= 11 is 0. The standard InChI is InChI=1S/C23H35N3/c1-23(2,3)22-21(15-26(22)17-13-24-14-17)25-12-6-9-20(25)19-8-5-4-7-18(19)16-10-11-16/h4-5,7-8,16-17,20-22,24H,6,9-15H2,1-3H3. The number of hydrogen-bond donors (Lipinski definition) is 1. The summed E-state index contributed by atoms with van der Waals surface area (Å²) < 4.78 is 0. The lowest BCUT2D eigenvalue weighted by Gasteiger charge is -2.62. The normalized spacial score (nSPS) is 33.9. The molecule has 0 spiro atoms. The Morgan fingerprint density at radius 1 is 0.962 bits per heavy atom. The maximum absolute atomic E-state index is 3.47. The van der Waals surface area contributed by atoms with Crippen molar-refractivity contribution in [1.29, 1.82) is 0 Å². The minimum Gasteiger partial charge on any atom is -0.314 e. The summed E-state index contributed by atoms with van der Waals surface area (Å²) in [4.78, 5) is 5.71. The van der Waals surface area contributed by atoms with Crippen molar-refractivity contribution in [2.24, 2.45) is 5.41 Å². The maximum Gasteiger partial charge on any atom is 0.0390 e. The second-order valence-corrected chi connectivity index (χ2v) is 10.2. The summed E-state index contributed by atoms with van der Waals surface area (Å²) in [5, 5.41) is 3.47. The Labute approximate surface area is 159 Å². The number of hydrogen-bond acceptors (Lipinski definition) is 3. The molecule has 3 aliphatic heterocycles. The first-order chi connectivity index (χ1) is 12.5. The summed E-state index contributed by atoms with van der Waals surface area (Å²) in [5.41, 5.74) is 3.67. The summed E-state index contributed by atoms with van der Waals surface area (Å²) in [7, 11) is 0. The van der Waals surface area contributed by atoms with Gasteiger partial charge >= 0.3 is 0 Å². The van der Waals surface area contributed by atoms with Gasteiger partial charge in [-0.3, -0.25) is 9.80 Å². The van der Waals surface area contributed by atoms with E-state index in [-0.39, 0.29) is 0 Å². The van der Waals surface area contributed by atoms with Gasteiger partial charge in [-0.15, -0.1) is 0 Å². The van der Waals surface area contributed by atoms with Crippen molar-refractivity contribution in [2.75, 3.05) is 26.2 Å². The van der Waals surface area contributed by atoms with Crippen LogP contribution < -0.4 is 5.32 Å². The third-order valence-electron chi connectivity index (χ3n) is 7.33. The molecule has 1 saturated carbocycles. The zero-order valence-electron chi connectivity index (χ0n) is 16.7. The number of nitrogens with one attached hydrogen (secondary N) is 1. The van der Waals surface area contributed by atoms with E-state index >= 15 is 0 Å². The summed E-state index contributed by atoms with van der Waals surface area (Å²) in [6.07, 6.45) is 5.52. The SMILES string of the molecule is CC(C)(C)C1C(N2CCCC2c2ccccc2C2CC2)CN1C1CNC1. The lowest BCUT2D eigenvalue weighted by Crippen LogP contribution is -2.76. The zero-order valence-corrected chi connectivity index (χ0v) is 16.7. The first-order valence-corrected chi connectivity index (χ1v) is 10.8. The fourth-order valence-electron chi connectivity index (χ4n) is 5.86. The molecule has 5 rings (SSSR count). The molecule has 1 aromatic carbocycles. The van der Waals surface area contributed by atoms with Crippen LogP contribution in [0, 0.1) is 5.41 Å². The molecular formula is C23H35N3. The van der Waals surface area contributed by atoms with E-state index in [4.69, 9.17) is 0 Å². The van der Waals surface area contributed by atoms with Gasteiger partial charge in [-0.05, 0) is 54.7 Å². The molecule has 1 N–H and O–H groups in total. The van der Waals surface area contributed by atoms with E-state index in [1.54, 1.807) is 11.1 Å². The number of rotatable bonds is 4. The minimum atomic E-state index is 0.349. The smallest absolute Gasteiger partial charge is 0.0390 e. The first kappa shape index (κ1) is 17.2. The molecular weight excluding hydrogens is 318 g/mol. The molecule has 3 atom stereocenters. The van der Waals surface area contributed by atoms with Gasteiger partial charge in [-0.25, -0.2) is 0 Å². The van der Waals surface area contributed by atoms with Gasteiger partial charge in [-0.1, -0.05) is 45.0 Å². The van der Waals surface area contributed by atoms with E-state index < -0.39 is 0 Å². The molecule has 0 amide bonds. The Hall–Kier alpha value is -0.900. The molecule has 3 unspecified atom stereocenters. The minimum absolute atomic E-state index is 0.349. The molecule has 3 nitrogen and oxygen atoms in total. The van der Waals surface area contributed by atoms with Gasteiger partial charge in [0.05, 0.1) is 0 Å². The largest absolute Gasteiger partial charge is 0.314 e. The van der Waals surface area contributed by atoms with Crippen LogP contribution in [0.5, 0.6) is 0 Å². The van der Waals surface area contributed by atoms with Crippen LogP contribution >= 0.6 is 0 Å². The Morgan fingerprint density at radius 3 is 2.31 bits per heavy atom. The number of benzene rings is 1. The fourth-order valence-corrected chi connectivity index (χ4v) is 5.86. The first-order valence-electron chi connectivity index (χ1n) is 10.8. The van der Waals surface area contributed by atoms with E-state index in [0.717, 1.165) is 18.0 Å². The van der Waals surface area contributed by atoms with Gasteiger partial charge < -0.3 is 5.32 Å². The van der Waals surface area contributed by atoms with Crippen molar-refractivity contribution < 1.29 is 0 Å². The van der Waals surface area contributed by atoms with Gasteiger partial charge in [0.2, 0.25) is 0 Å². The van der Waals surface area contributed by atoms with Crippen molar-refractivity contribution >= 4 is 0 Å². The van der Waals surface area contributed by atoms with Crippen LogP contribution in [0.25, 0.3) is 0 Å². The summed E-state index contributed by atoms with van der Waals surface area (Å²) in [5.74, 6) is 0.853. The van der Waals surface area contributed by atoms with Crippen LogP contribution in [-0.4, -0.2) is 54.1 Å². The highest BCUT2D eigenvalue weighted by atomic mass is 15.4. The Bertz CT molecular complexity index is 656. The molecule has 0 bridgehead atoms. The second kappa shape index (κ2) is 6.32. The highest BCUT2D eigenvalue weighted by Crippen LogP contribution is 2.48. The van der Waals surface area contributed by atoms with E-state index in [9.17, 15) is 0 Å². The molecule has 0 radical (unpaired) electrons. The monoisotopic (exact) mass is 353 g/mol. The maximum atomic E-state index is 3.47. The van der Waals surface area contributed by atoms with Crippen LogP contribution in [0.1, 0.15) is 69.5 Å². The zero-order chi connectivity index (χ0) is 17.9. The van der Waals surface area contributed by atoms with Crippen LogP contribution in [0.4, 0.5) is 0 Å². The summed E-state index contributed by atoms with van der Waals surface area (Å²) in [6.45, 7) is 12.3.